The molecule has 1 atom stereocenters. The molecule has 1 amide bonds. The molecule has 0 bridgehead atoms. The van der Waals surface area contributed by atoms with E-state index in [9.17, 15) is 4.79 Å². The largest absolute Gasteiger partial charge is 0.496 e. The maximum atomic E-state index is 12.6. The van der Waals surface area contributed by atoms with E-state index < -0.39 is 0 Å². The maximum Gasteiger partial charge on any atom is 0.264 e. The third-order valence-electron chi connectivity index (χ3n) is 6.19. The van der Waals surface area contributed by atoms with Gasteiger partial charge < -0.3 is 15.0 Å². The van der Waals surface area contributed by atoms with Crippen LogP contribution in [0.1, 0.15) is 49.8 Å². The number of anilines is 1. The monoisotopic (exact) mass is 435 g/mol. The number of thioether (sulfide) groups is 1. The lowest BCUT2D eigenvalue weighted by molar-refractivity contribution is -0.115. The van der Waals surface area contributed by atoms with Gasteiger partial charge in [0, 0.05) is 29.9 Å². The highest BCUT2D eigenvalue weighted by molar-refractivity contribution is 8.18. The van der Waals surface area contributed by atoms with E-state index >= 15 is 0 Å². The first-order chi connectivity index (χ1) is 14.7. The van der Waals surface area contributed by atoms with Crippen LogP contribution in [0, 0.1) is 6.92 Å². The number of amides is 1. The number of rotatable bonds is 3. The van der Waals surface area contributed by atoms with Gasteiger partial charge in [-0.25, -0.2) is 4.99 Å². The molecule has 0 saturated carbocycles. The number of hydrogen-bond donors (Lipinski definition) is 1. The van der Waals surface area contributed by atoms with Crippen LogP contribution in [0.2, 0.25) is 0 Å². The van der Waals surface area contributed by atoms with E-state index in [-0.39, 0.29) is 11.4 Å². The second kappa shape index (κ2) is 8.08. The van der Waals surface area contributed by atoms with Crippen LogP contribution in [0.5, 0.6) is 5.75 Å². The highest BCUT2D eigenvalue weighted by Gasteiger charge is 2.35. The van der Waals surface area contributed by atoms with E-state index in [1.54, 1.807) is 7.11 Å². The summed E-state index contributed by atoms with van der Waals surface area (Å²) in [7, 11) is 3.81. The molecule has 1 fully saturated rings. The van der Waals surface area contributed by atoms with Gasteiger partial charge in [0.25, 0.3) is 5.91 Å². The van der Waals surface area contributed by atoms with Crippen LogP contribution in [0.15, 0.2) is 46.3 Å². The molecule has 2 aromatic carbocycles. The fraction of sp³-hybridized carbons (Fsp3) is 0.360. The molecule has 1 N–H and O–H groups in total. The summed E-state index contributed by atoms with van der Waals surface area (Å²) in [5.41, 5.74) is 5.46. The van der Waals surface area contributed by atoms with E-state index in [1.165, 1.54) is 28.6 Å². The normalized spacial score (nSPS) is 22.6. The number of nitrogens with one attached hydrogen (secondary N) is 1. The fourth-order valence-electron chi connectivity index (χ4n) is 4.26. The topological polar surface area (TPSA) is 53.9 Å². The molecule has 4 rings (SSSR count). The standard InChI is InChI=1S/C25H29N3O2S/c1-15-7-9-18(10-8-15)26-24-27-23(29)22(31-24)12-17-11-19-16(2)14-25(3,4)28(5)20(19)13-21(17)30-6/h7-13,16H,14H2,1-6H3,(H,26,27,29)/b22-12+. The minimum absolute atomic E-state index is 0.0833. The van der Waals surface area contributed by atoms with Gasteiger partial charge >= 0.3 is 0 Å². The zero-order valence-electron chi connectivity index (χ0n) is 18.9. The zero-order valence-corrected chi connectivity index (χ0v) is 19.8. The van der Waals surface area contributed by atoms with Gasteiger partial charge in [-0.3, -0.25) is 4.79 Å². The van der Waals surface area contributed by atoms with Crippen molar-refractivity contribution in [2.75, 3.05) is 19.1 Å². The van der Waals surface area contributed by atoms with E-state index in [2.05, 4.69) is 55.2 Å². The molecule has 31 heavy (non-hydrogen) atoms. The van der Waals surface area contributed by atoms with Gasteiger partial charge in [-0.15, -0.1) is 0 Å². The van der Waals surface area contributed by atoms with E-state index in [1.807, 2.05) is 37.3 Å². The van der Waals surface area contributed by atoms with Crippen LogP contribution in [0.25, 0.3) is 6.08 Å². The second-order valence-electron chi connectivity index (χ2n) is 8.95. The minimum Gasteiger partial charge on any atom is -0.496 e. The van der Waals surface area contributed by atoms with E-state index in [4.69, 9.17) is 4.74 Å². The van der Waals surface area contributed by atoms with Gasteiger partial charge in [-0.05, 0) is 74.7 Å². The first kappa shape index (κ1) is 21.5. The molecule has 0 spiro atoms. The third-order valence-corrected chi connectivity index (χ3v) is 7.10. The van der Waals surface area contributed by atoms with E-state index in [0.29, 0.717) is 16.0 Å². The number of fused-ring (bicyclic) bond motifs is 1. The van der Waals surface area contributed by atoms with Crippen LogP contribution in [0.3, 0.4) is 0 Å². The Balaban J connectivity index is 1.68. The molecule has 0 radical (unpaired) electrons. The van der Waals surface area contributed by atoms with Crippen molar-refractivity contribution in [2.45, 2.75) is 45.6 Å². The Kier molecular flexibility index (Phi) is 5.60. The zero-order chi connectivity index (χ0) is 22.3. The van der Waals surface area contributed by atoms with Crippen molar-refractivity contribution in [3.05, 3.63) is 58.0 Å². The molecular formula is C25H29N3O2S. The number of hydrogen-bond acceptors (Lipinski definition) is 5. The van der Waals surface area contributed by atoms with Gasteiger partial charge in [0.2, 0.25) is 0 Å². The van der Waals surface area contributed by atoms with Crippen molar-refractivity contribution in [2.24, 2.45) is 4.99 Å². The Hall–Kier alpha value is -2.73. The Morgan fingerprint density at radius 2 is 1.97 bits per heavy atom. The van der Waals surface area contributed by atoms with E-state index in [0.717, 1.165) is 23.4 Å². The van der Waals surface area contributed by atoms with Gasteiger partial charge in [0.1, 0.15) is 5.75 Å². The van der Waals surface area contributed by atoms with Gasteiger partial charge in [0.05, 0.1) is 17.7 Å². The molecule has 2 heterocycles. The van der Waals surface area contributed by atoms with Crippen LogP contribution in [-0.4, -0.2) is 30.8 Å². The highest BCUT2D eigenvalue weighted by Crippen LogP contribution is 2.45. The Morgan fingerprint density at radius 1 is 1.26 bits per heavy atom. The Bertz CT molecular complexity index is 1090. The summed E-state index contributed by atoms with van der Waals surface area (Å²) in [4.78, 5) is 20.1. The van der Waals surface area contributed by atoms with Crippen LogP contribution in [0.4, 0.5) is 11.4 Å². The maximum absolute atomic E-state index is 12.6. The predicted molar refractivity (Wildman–Crippen MR) is 130 cm³/mol. The van der Waals surface area contributed by atoms with Crippen LogP contribution >= 0.6 is 11.8 Å². The number of carbonyl (C=O) groups is 1. The van der Waals surface area contributed by atoms with Crippen molar-refractivity contribution < 1.29 is 9.53 Å². The summed E-state index contributed by atoms with van der Waals surface area (Å²) in [6, 6.07) is 12.2. The molecule has 0 aliphatic carbocycles. The van der Waals surface area contributed by atoms with Crippen LogP contribution < -0.4 is 15.0 Å². The first-order valence-electron chi connectivity index (χ1n) is 10.5. The average molecular weight is 436 g/mol. The molecule has 1 unspecified atom stereocenters. The average Bonchev–Trinajstić information content (AvgIpc) is 3.06. The van der Waals surface area contributed by atoms with Crippen molar-refractivity contribution >= 4 is 40.3 Å². The van der Waals surface area contributed by atoms with Gasteiger partial charge in [0.15, 0.2) is 5.17 Å². The SMILES string of the molecule is COc1cc2c(cc1/C=C1/SC(=Nc3ccc(C)cc3)NC1=O)C(C)CC(C)(C)N2C. The molecular weight excluding hydrogens is 406 g/mol. The summed E-state index contributed by atoms with van der Waals surface area (Å²) in [6.45, 7) is 8.84. The molecule has 2 aliphatic rings. The predicted octanol–water partition coefficient (Wildman–Crippen LogP) is 5.62. The molecule has 1 saturated heterocycles. The molecule has 2 aromatic rings. The summed E-state index contributed by atoms with van der Waals surface area (Å²) < 4.78 is 5.70. The molecule has 2 aliphatic heterocycles. The van der Waals surface area contributed by atoms with Gasteiger partial charge in [-0.2, -0.15) is 0 Å². The fourth-order valence-corrected chi connectivity index (χ4v) is 5.09. The van der Waals surface area contributed by atoms with Crippen LogP contribution in [-0.2, 0) is 4.79 Å². The summed E-state index contributed by atoms with van der Waals surface area (Å²) in [5.74, 6) is 1.05. The number of nitrogens with zero attached hydrogens (tertiary/aromatic N) is 2. The number of aliphatic imine (C=N–C) groups is 1. The lowest BCUT2D eigenvalue weighted by Gasteiger charge is -2.45. The van der Waals surface area contributed by atoms with Crippen molar-refractivity contribution in [1.82, 2.24) is 5.32 Å². The van der Waals surface area contributed by atoms with Crippen molar-refractivity contribution in [3.8, 4) is 5.75 Å². The molecule has 162 valence electrons. The number of carbonyl (C=O) groups excluding carboxylic acids is 1. The smallest absolute Gasteiger partial charge is 0.264 e. The molecule has 5 nitrogen and oxygen atoms in total. The Morgan fingerprint density at radius 3 is 2.65 bits per heavy atom. The lowest BCUT2D eigenvalue weighted by atomic mass is 9.80. The van der Waals surface area contributed by atoms with Crippen molar-refractivity contribution in [3.63, 3.8) is 0 Å². The third kappa shape index (κ3) is 4.22. The summed E-state index contributed by atoms with van der Waals surface area (Å²) in [5, 5.41) is 3.46. The summed E-state index contributed by atoms with van der Waals surface area (Å²) >= 11 is 1.35. The summed E-state index contributed by atoms with van der Waals surface area (Å²) in [6.07, 6.45) is 2.98. The number of amidine groups is 1. The van der Waals surface area contributed by atoms with Crippen molar-refractivity contribution in [1.29, 1.82) is 0 Å². The number of aryl methyl sites for hydroxylation is 1. The first-order valence-corrected chi connectivity index (χ1v) is 11.3. The van der Waals surface area contributed by atoms with Gasteiger partial charge in [-0.1, -0.05) is 24.6 Å². The molecule has 6 heteroatoms. The number of benzene rings is 2. The highest BCUT2D eigenvalue weighted by atomic mass is 32.2. The lowest BCUT2D eigenvalue weighted by Crippen LogP contribution is -2.45. The minimum atomic E-state index is -0.137. The quantitative estimate of drug-likeness (QED) is 0.636. The Labute approximate surface area is 188 Å². The molecule has 0 aromatic heterocycles. The number of methoxy groups -OCH3 is 1. The second-order valence-corrected chi connectivity index (χ2v) is 9.98. The number of ether oxygens (including phenoxy) is 1.